The molecule has 130 valence electrons. The topological polar surface area (TPSA) is 85.8 Å². The highest BCUT2D eigenvalue weighted by Gasteiger charge is 2.20. The molecule has 1 aliphatic heterocycles. The maximum Gasteiger partial charge on any atom is 0.208 e. The second-order valence-electron chi connectivity index (χ2n) is 5.52. The fourth-order valence-electron chi connectivity index (χ4n) is 2.50. The van der Waals surface area contributed by atoms with Crippen LogP contribution in [0, 0.1) is 0 Å². The Morgan fingerprint density at radius 2 is 2.13 bits per heavy atom. The van der Waals surface area contributed by atoms with Crippen LogP contribution in [0.3, 0.4) is 0 Å². The molecule has 0 atom stereocenters. The summed E-state index contributed by atoms with van der Waals surface area (Å²) in [6, 6.07) is 4.63. The summed E-state index contributed by atoms with van der Waals surface area (Å²) in [6.45, 7) is 2.91. The van der Waals surface area contributed by atoms with E-state index in [0.29, 0.717) is 19.1 Å². The van der Waals surface area contributed by atoms with E-state index in [-0.39, 0.29) is 0 Å². The Hall–Kier alpha value is -1.32. The first-order chi connectivity index (χ1) is 11.0. The van der Waals surface area contributed by atoms with Crippen molar-refractivity contribution in [3.63, 3.8) is 0 Å². The van der Waals surface area contributed by atoms with Crippen molar-refractivity contribution < 1.29 is 8.42 Å². The molecule has 2 heterocycles. The molecule has 0 saturated carbocycles. The summed E-state index contributed by atoms with van der Waals surface area (Å²) >= 11 is 1.78. The summed E-state index contributed by atoms with van der Waals surface area (Å²) < 4.78 is 24.5. The minimum Gasteiger partial charge on any atom is -0.363 e. The van der Waals surface area contributed by atoms with Crippen LogP contribution in [0.2, 0.25) is 0 Å². The number of anilines is 1. The first kappa shape index (κ1) is 18.0. The number of piperidine rings is 1. The number of hydrogen-bond acceptors (Lipinski definition) is 5. The van der Waals surface area contributed by atoms with Gasteiger partial charge in [-0.2, -0.15) is 0 Å². The number of nitrogens with one attached hydrogen (secondary N) is 3. The molecule has 0 spiro atoms. The highest BCUT2D eigenvalue weighted by Crippen LogP contribution is 2.24. The highest BCUT2D eigenvalue weighted by molar-refractivity contribution is 7.88. The molecule has 0 radical (unpaired) electrons. The molecule has 23 heavy (non-hydrogen) atoms. The van der Waals surface area contributed by atoms with Crippen molar-refractivity contribution >= 4 is 32.3 Å². The molecular formula is C14H25N5O2S2. The molecule has 2 rings (SSSR count). The second-order valence-corrected chi connectivity index (χ2v) is 8.28. The molecule has 7 nitrogen and oxygen atoms in total. The van der Waals surface area contributed by atoms with Gasteiger partial charge in [0.1, 0.15) is 0 Å². The third-order valence-corrected chi connectivity index (χ3v) is 5.32. The van der Waals surface area contributed by atoms with Crippen molar-refractivity contribution in [2.45, 2.75) is 18.9 Å². The van der Waals surface area contributed by atoms with Gasteiger partial charge in [-0.3, -0.25) is 4.99 Å². The predicted octanol–water partition coefficient (Wildman–Crippen LogP) is 0.431. The number of guanidine groups is 1. The van der Waals surface area contributed by atoms with Crippen LogP contribution in [0.25, 0.3) is 0 Å². The molecule has 1 saturated heterocycles. The van der Waals surface area contributed by atoms with Crippen molar-refractivity contribution in [2.24, 2.45) is 4.99 Å². The molecule has 0 amide bonds. The molecule has 0 unspecified atom stereocenters. The lowest BCUT2D eigenvalue weighted by Gasteiger charge is -2.33. The van der Waals surface area contributed by atoms with E-state index in [1.165, 1.54) is 5.00 Å². The molecule has 9 heteroatoms. The van der Waals surface area contributed by atoms with Gasteiger partial charge in [0.05, 0.1) is 11.3 Å². The largest absolute Gasteiger partial charge is 0.363 e. The zero-order valence-electron chi connectivity index (χ0n) is 13.6. The molecule has 1 aliphatic rings. The fourth-order valence-corrected chi connectivity index (χ4v) is 3.76. The number of hydrogen-bond donors (Lipinski definition) is 3. The van der Waals surface area contributed by atoms with Crippen LogP contribution < -0.4 is 20.3 Å². The summed E-state index contributed by atoms with van der Waals surface area (Å²) in [6.07, 6.45) is 3.27. The predicted molar refractivity (Wildman–Crippen MR) is 96.9 cm³/mol. The standard InChI is InChI=1S/C14H25N5O2S2/c1-15-14(16-7-8-17-23(2,20)21)18-12-5-9-19(10-6-12)13-4-3-11-22-13/h3-4,11-12,17H,5-10H2,1-2H3,(H2,15,16,18). The van der Waals surface area contributed by atoms with Gasteiger partial charge in [-0.25, -0.2) is 13.1 Å². The van der Waals surface area contributed by atoms with Crippen molar-refractivity contribution in [1.29, 1.82) is 0 Å². The van der Waals surface area contributed by atoms with Gasteiger partial charge in [-0.1, -0.05) is 0 Å². The van der Waals surface area contributed by atoms with Crippen LogP contribution in [0.1, 0.15) is 12.8 Å². The summed E-state index contributed by atoms with van der Waals surface area (Å²) in [5.74, 6) is 0.717. The number of thiophene rings is 1. The minimum absolute atomic E-state index is 0.344. The third-order valence-electron chi connectivity index (χ3n) is 3.66. The van der Waals surface area contributed by atoms with Gasteiger partial charge >= 0.3 is 0 Å². The van der Waals surface area contributed by atoms with Crippen LogP contribution in [0.4, 0.5) is 5.00 Å². The van der Waals surface area contributed by atoms with E-state index in [2.05, 4.69) is 42.8 Å². The molecule has 0 aromatic carbocycles. The van der Waals surface area contributed by atoms with E-state index in [0.717, 1.165) is 38.1 Å². The van der Waals surface area contributed by atoms with Crippen molar-refractivity contribution in [1.82, 2.24) is 15.4 Å². The molecule has 1 aromatic rings. The number of sulfonamides is 1. The molecular weight excluding hydrogens is 334 g/mol. The summed E-state index contributed by atoms with van der Waals surface area (Å²) in [7, 11) is -1.42. The van der Waals surface area contributed by atoms with E-state index in [1.54, 1.807) is 18.4 Å². The van der Waals surface area contributed by atoms with Gasteiger partial charge in [0.15, 0.2) is 5.96 Å². The van der Waals surface area contributed by atoms with Gasteiger partial charge in [-0.15, -0.1) is 11.3 Å². The fraction of sp³-hybridized carbons (Fsp3) is 0.643. The molecule has 3 N–H and O–H groups in total. The lowest BCUT2D eigenvalue weighted by molar-refractivity contribution is 0.463. The van der Waals surface area contributed by atoms with Gasteiger partial charge in [0.25, 0.3) is 0 Å². The van der Waals surface area contributed by atoms with Crippen LogP contribution >= 0.6 is 11.3 Å². The Kier molecular flexibility index (Phi) is 6.67. The number of nitrogens with zero attached hydrogens (tertiary/aromatic N) is 2. The summed E-state index contributed by atoms with van der Waals surface area (Å²) in [5, 5.41) is 9.97. The first-order valence-corrected chi connectivity index (χ1v) is 10.5. The van der Waals surface area contributed by atoms with E-state index in [1.807, 2.05) is 0 Å². The van der Waals surface area contributed by atoms with E-state index < -0.39 is 10.0 Å². The SMILES string of the molecule is CN=C(NCCNS(C)(=O)=O)NC1CCN(c2cccs2)CC1. The second kappa shape index (κ2) is 8.51. The lowest BCUT2D eigenvalue weighted by atomic mass is 10.1. The Balaban J connectivity index is 1.69. The van der Waals surface area contributed by atoms with Crippen molar-refractivity contribution in [2.75, 3.05) is 44.4 Å². The Labute approximate surface area is 142 Å². The lowest BCUT2D eigenvalue weighted by Crippen LogP contribution is -2.49. The quantitative estimate of drug-likeness (QED) is 0.390. The van der Waals surface area contributed by atoms with E-state index in [9.17, 15) is 8.42 Å². The molecule has 1 fully saturated rings. The average Bonchev–Trinajstić information content (AvgIpc) is 3.04. The maximum atomic E-state index is 11.0. The van der Waals surface area contributed by atoms with Crippen molar-refractivity contribution in [3.05, 3.63) is 17.5 Å². The third kappa shape index (κ3) is 6.36. The normalized spacial score (nSPS) is 17.3. The number of rotatable bonds is 6. The van der Waals surface area contributed by atoms with Gasteiger partial charge in [0.2, 0.25) is 10.0 Å². The zero-order chi connectivity index (χ0) is 16.7. The Morgan fingerprint density at radius 3 is 2.70 bits per heavy atom. The average molecular weight is 360 g/mol. The van der Waals surface area contributed by atoms with Gasteiger partial charge in [-0.05, 0) is 30.4 Å². The van der Waals surface area contributed by atoms with E-state index in [4.69, 9.17) is 0 Å². The van der Waals surface area contributed by atoms with Crippen molar-refractivity contribution in [3.8, 4) is 0 Å². The van der Waals surface area contributed by atoms with Crippen LogP contribution in [0.15, 0.2) is 22.5 Å². The minimum atomic E-state index is -3.14. The summed E-state index contributed by atoms with van der Waals surface area (Å²) in [5.41, 5.74) is 0. The smallest absolute Gasteiger partial charge is 0.208 e. The first-order valence-electron chi connectivity index (χ1n) is 7.68. The van der Waals surface area contributed by atoms with Crippen LogP contribution in [0.5, 0.6) is 0 Å². The molecule has 0 bridgehead atoms. The summed E-state index contributed by atoms with van der Waals surface area (Å²) in [4.78, 5) is 6.60. The Bertz CT molecular complexity index is 593. The zero-order valence-corrected chi connectivity index (χ0v) is 15.2. The number of aliphatic imine (C=N–C) groups is 1. The van der Waals surface area contributed by atoms with Crippen LogP contribution in [-0.2, 0) is 10.0 Å². The van der Waals surface area contributed by atoms with Crippen LogP contribution in [-0.4, -0.2) is 59.9 Å². The van der Waals surface area contributed by atoms with Gasteiger partial charge in [0, 0.05) is 39.3 Å². The van der Waals surface area contributed by atoms with E-state index >= 15 is 0 Å². The Morgan fingerprint density at radius 1 is 1.39 bits per heavy atom. The molecule has 0 aliphatic carbocycles. The monoisotopic (exact) mass is 359 g/mol. The maximum absolute atomic E-state index is 11.0. The molecule has 1 aromatic heterocycles. The highest BCUT2D eigenvalue weighted by atomic mass is 32.2. The van der Waals surface area contributed by atoms with Gasteiger partial charge < -0.3 is 15.5 Å².